The summed E-state index contributed by atoms with van der Waals surface area (Å²) in [6.07, 6.45) is -5.36. The van der Waals surface area contributed by atoms with E-state index in [1.54, 1.807) is 38.4 Å². The van der Waals surface area contributed by atoms with E-state index in [4.69, 9.17) is 4.74 Å². The number of alkyl halides is 7. The number of unbranched alkanes of at least 4 members (excludes halogenated alkanes) is 1. The van der Waals surface area contributed by atoms with E-state index < -0.39 is 30.5 Å². The molecule has 202 valence electrons. The second-order valence-electron chi connectivity index (χ2n) is 9.42. The van der Waals surface area contributed by atoms with Gasteiger partial charge in [0.1, 0.15) is 5.75 Å². The summed E-state index contributed by atoms with van der Waals surface area (Å²) in [7, 11) is 3.39. The van der Waals surface area contributed by atoms with Crippen molar-refractivity contribution in [2.24, 2.45) is 0 Å². The van der Waals surface area contributed by atoms with Crippen molar-refractivity contribution in [3.63, 3.8) is 0 Å². The van der Waals surface area contributed by atoms with Crippen LogP contribution >= 0.6 is 0 Å². The van der Waals surface area contributed by atoms with Crippen LogP contribution in [0.5, 0.6) is 5.75 Å². The first-order valence-electron chi connectivity index (χ1n) is 11.4. The summed E-state index contributed by atoms with van der Waals surface area (Å²) < 4.78 is 95.2. The lowest BCUT2D eigenvalue weighted by molar-refractivity contribution is -0.889. The summed E-state index contributed by atoms with van der Waals surface area (Å²) in [6.45, 7) is 0.326. The lowest BCUT2D eigenvalue weighted by Crippen LogP contribution is -2.60. The fourth-order valence-corrected chi connectivity index (χ4v) is 3.94. The smallest absolute Gasteiger partial charge is 0.460 e. The van der Waals surface area contributed by atoms with E-state index in [0.29, 0.717) is 42.9 Å². The number of quaternary nitrogens is 1. The van der Waals surface area contributed by atoms with Crippen molar-refractivity contribution in [2.75, 3.05) is 40.3 Å². The summed E-state index contributed by atoms with van der Waals surface area (Å²) >= 11 is 0. The molecule has 5 nitrogen and oxygen atoms in total. The molecule has 0 spiro atoms. The van der Waals surface area contributed by atoms with Crippen LogP contribution in [0.1, 0.15) is 28.8 Å². The molecular formula is C25H26F7N2O3+. The summed E-state index contributed by atoms with van der Waals surface area (Å²) in [5.41, 5.74) is 2.93. The third kappa shape index (κ3) is 5.89. The molecule has 0 bridgehead atoms. The monoisotopic (exact) mass is 535 g/mol. The maximum atomic E-state index is 13.4. The molecule has 0 saturated carbocycles. The van der Waals surface area contributed by atoms with E-state index in [-0.39, 0.29) is 16.8 Å². The van der Waals surface area contributed by atoms with Gasteiger partial charge in [0.25, 0.3) is 5.91 Å². The van der Waals surface area contributed by atoms with Gasteiger partial charge in [-0.1, -0.05) is 24.3 Å². The largest absolute Gasteiger partial charge is 0.494 e. The molecule has 0 atom stereocenters. The first-order chi connectivity index (χ1) is 17.1. The molecule has 12 heteroatoms. The van der Waals surface area contributed by atoms with Crippen molar-refractivity contribution in [3.05, 3.63) is 53.6 Å². The predicted octanol–water partition coefficient (Wildman–Crippen LogP) is 5.08. The maximum absolute atomic E-state index is 13.4. The normalized spacial score (nSPS) is 13.8. The highest BCUT2D eigenvalue weighted by Crippen LogP contribution is 2.46. The zero-order chi connectivity index (χ0) is 27.6. The van der Waals surface area contributed by atoms with Gasteiger partial charge in [-0.25, -0.2) is 0 Å². The SMILES string of the molecule is C[N+](C)(CCCCOc1ccc2c(c1)C(=O)c1ccccc1-2)CCNC(=O)C(F)(F)C(F)(F)C(F)(F)F. The summed E-state index contributed by atoms with van der Waals surface area (Å²) in [5.74, 6) is -14.6. The Bertz CT molecular complexity index is 1160. The van der Waals surface area contributed by atoms with Crippen molar-refractivity contribution in [1.82, 2.24) is 5.32 Å². The van der Waals surface area contributed by atoms with E-state index in [9.17, 15) is 40.3 Å². The van der Waals surface area contributed by atoms with E-state index in [1.165, 1.54) is 5.32 Å². The van der Waals surface area contributed by atoms with Crippen LogP contribution in [0.2, 0.25) is 0 Å². The molecule has 1 aliphatic carbocycles. The van der Waals surface area contributed by atoms with Crippen LogP contribution in [0.15, 0.2) is 42.5 Å². The number of carbonyl (C=O) groups excluding carboxylic acids is 2. The second kappa shape index (κ2) is 10.3. The number of amides is 1. The number of hydrogen-bond donors (Lipinski definition) is 1. The van der Waals surface area contributed by atoms with Gasteiger partial charge in [0, 0.05) is 11.1 Å². The Morgan fingerprint density at radius 1 is 0.865 bits per heavy atom. The van der Waals surface area contributed by atoms with Crippen LogP contribution in [0.4, 0.5) is 30.7 Å². The topological polar surface area (TPSA) is 55.4 Å². The Kier molecular flexibility index (Phi) is 7.92. The van der Waals surface area contributed by atoms with E-state index in [0.717, 1.165) is 11.1 Å². The lowest BCUT2D eigenvalue weighted by Gasteiger charge is -2.31. The molecule has 2 aromatic rings. The second-order valence-corrected chi connectivity index (χ2v) is 9.42. The van der Waals surface area contributed by atoms with Crippen molar-refractivity contribution in [1.29, 1.82) is 0 Å². The number of likely N-dealkylation sites (N-methyl/N-ethyl adjacent to an activating group) is 1. The zero-order valence-electron chi connectivity index (χ0n) is 20.1. The van der Waals surface area contributed by atoms with Crippen molar-refractivity contribution < 1.29 is 49.5 Å². The van der Waals surface area contributed by atoms with Crippen molar-refractivity contribution >= 4 is 11.7 Å². The van der Waals surface area contributed by atoms with Crippen LogP contribution in [0.25, 0.3) is 11.1 Å². The average molecular weight is 535 g/mol. The number of hydrogen-bond acceptors (Lipinski definition) is 3. The van der Waals surface area contributed by atoms with Crippen molar-refractivity contribution in [2.45, 2.75) is 30.9 Å². The Labute approximate surface area is 208 Å². The third-order valence-corrected chi connectivity index (χ3v) is 6.16. The minimum Gasteiger partial charge on any atom is -0.494 e. The number of nitrogens with one attached hydrogen (secondary N) is 1. The fourth-order valence-electron chi connectivity index (χ4n) is 3.94. The molecule has 1 aliphatic rings. The Hall–Kier alpha value is -3.15. The molecular weight excluding hydrogens is 509 g/mol. The van der Waals surface area contributed by atoms with Gasteiger partial charge in [0.2, 0.25) is 0 Å². The molecule has 0 saturated heterocycles. The first-order valence-corrected chi connectivity index (χ1v) is 11.4. The molecule has 0 aliphatic heterocycles. The third-order valence-electron chi connectivity index (χ3n) is 6.16. The standard InChI is InChI=1S/C25H25F7N2O3/c1-34(2,13-11-33-22(36)23(26,27)24(28,29)25(30,31)32)12-5-6-14-37-16-9-10-18-17-7-3-4-8-19(17)21(35)20(18)15-16/h3-4,7-10,15H,5-6,11-14H2,1-2H3/p+1. The summed E-state index contributed by atoms with van der Waals surface area (Å²) in [6, 6.07) is 12.6. The van der Waals surface area contributed by atoms with Gasteiger partial charge >= 0.3 is 18.0 Å². The molecule has 0 heterocycles. The predicted molar refractivity (Wildman–Crippen MR) is 121 cm³/mol. The Morgan fingerprint density at radius 2 is 1.49 bits per heavy atom. The van der Waals surface area contributed by atoms with E-state index >= 15 is 0 Å². The lowest BCUT2D eigenvalue weighted by atomic mass is 10.1. The van der Waals surface area contributed by atoms with Crippen LogP contribution in [-0.4, -0.2) is 74.5 Å². The average Bonchev–Trinajstić information content (AvgIpc) is 3.09. The highest BCUT2D eigenvalue weighted by atomic mass is 19.4. The molecule has 3 rings (SSSR count). The highest BCUT2D eigenvalue weighted by Gasteiger charge is 2.76. The molecule has 0 radical (unpaired) electrons. The summed E-state index contributed by atoms with van der Waals surface area (Å²) in [4.78, 5) is 23.9. The maximum Gasteiger partial charge on any atom is 0.460 e. The molecule has 0 unspecified atom stereocenters. The fraction of sp³-hybridized carbons (Fsp3) is 0.440. The number of carbonyl (C=O) groups is 2. The quantitative estimate of drug-likeness (QED) is 0.212. The molecule has 0 aromatic heterocycles. The molecule has 37 heavy (non-hydrogen) atoms. The van der Waals surface area contributed by atoms with Gasteiger partial charge in [-0.05, 0) is 42.2 Å². The van der Waals surface area contributed by atoms with Gasteiger partial charge < -0.3 is 14.5 Å². The number of fused-ring (bicyclic) bond motifs is 3. The Balaban J connectivity index is 1.41. The number of nitrogens with zero attached hydrogens (tertiary/aromatic N) is 1. The summed E-state index contributed by atoms with van der Waals surface area (Å²) in [5, 5.41) is 1.47. The molecule has 2 aromatic carbocycles. The van der Waals surface area contributed by atoms with E-state index in [1.807, 2.05) is 18.2 Å². The highest BCUT2D eigenvalue weighted by molar-refractivity contribution is 6.21. The van der Waals surface area contributed by atoms with E-state index in [2.05, 4.69) is 0 Å². The minimum absolute atomic E-state index is 0.0216. The number of ether oxygens (including phenoxy) is 1. The Morgan fingerprint density at radius 3 is 2.14 bits per heavy atom. The number of halogens is 7. The first kappa shape index (κ1) is 28.4. The van der Waals surface area contributed by atoms with Gasteiger partial charge in [-0.3, -0.25) is 9.59 Å². The van der Waals surface area contributed by atoms with Crippen LogP contribution in [0.3, 0.4) is 0 Å². The number of rotatable bonds is 11. The molecule has 1 N–H and O–H groups in total. The number of ketones is 1. The van der Waals surface area contributed by atoms with Crippen LogP contribution in [0, 0.1) is 0 Å². The minimum atomic E-state index is -6.56. The van der Waals surface area contributed by atoms with Gasteiger partial charge in [0.05, 0.1) is 40.3 Å². The van der Waals surface area contributed by atoms with Gasteiger partial charge in [0.15, 0.2) is 5.78 Å². The molecule has 1 amide bonds. The molecule has 0 fully saturated rings. The number of benzene rings is 2. The van der Waals surface area contributed by atoms with Gasteiger partial charge in [-0.15, -0.1) is 0 Å². The van der Waals surface area contributed by atoms with Crippen LogP contribution in [-0.2, 0) is 4.79 Å². The van der Waals surface area contributed by atoms with Crippen LogP contribution < -0.4 is 10.1 Å². The zero-order valence-corrected chi connectivity index (χ0v) is 20.1. The van der Waals surface area contributed by atoms with Gasteiger partial charge in [-0.2, -0.15) is 30.7 Å². The van der Waals surface area contributed by atoms with Crippen molar-refractivity contribution in [3.8, 4) is 16.9 Å².